The van der Waals surface area contributed by atoms with Gasteiger partial charge in [-0.05, 0) is 97.0 Å². The van der Waals surface area contributed by atoms with Gasteiger partial charge in [0.25, 0.3) is 0 Å². The van der Waals surface area contributed by atoms with E-state index in [1.54, 1.807) is 7.11 Å². The molecule has 0 saturated carbocycles. The lowest BCUT2D eigenvalue weighted by Gasteiger charge is -2.16. The number of aromatic nitrogens is 4. The summed E-state index contributed by atoms with van der Waals surface area (Å²) in [5.74, 6) is 2.52. The third kappa shape index (κ3) is 6.72. The summed E-state index contributed by atoms with van der Waals surface area (Å²) in [5.41, 5.74) is 8.35. The van der Waals surface area contributed by atoms with Gasteiger partial charge in [-0.15, -0.1) is 0 Å². The Bertz CT molecular complexity index is 1770. The predicted molar refractivity (Wildman–Crippen MR) is 192 cm³/mol. The highest BCUT2D eigenvalue weighted by Gasteiger charge is 2.21. The molecule has 0 fully saturated rings. The van der Waals surface area contributed by atoms with E-state index in [2.05, 4.69) is 76.7 Å². The second-order valence-electron chi connectivity index (χ2n) is 11.1. The van der Waals surface area contributed by atoms with Crippen molar-refractivity contribution < 1.29 is 4.74 Å². The molecule has 1 N–H and O–H groups in total. The van der Waals surface area contributed by atoms with E-state index >= 15 is 0 Å². The van der Waals surface area contributed by atoms with Crippen LogP contribution in [0.2, 0.25) is 15.3 Å². The van der Waals surface area contributed by atoms with Crippen LogP contribution in [0.5, 0.6) is 5.75 Å². The van der Waals surface area contributed by atoms with Crippen molar-refractivity contribution in [2.24, 2.45) is 14.1 Å². The maximum atomic E-state index is 6.48. The topological polar surface area (TPSA) is 56.9 Å². The molecule has 0 amide bonds. The Morgan fingerprint density at radius 1 is 0.795 bits per heavy atom. The van der Waals surface area contributed by atoms with Gasteiger partial charge >= 0.3 is 0 Å². The summed E-state index contributed by atoms with van der Waals surface area (Å²) in [6, 6.07) is 12.1. The summed E-state index contributed by atoms with van der Waals surface area (Å²) in [5, 5.41) is 5.27. The molecule has 3 aromatic carbocycles. The maximum Gasteiger partial charge on any atom is 0.208 e. The zero-order valence-electron chi connectivity index (χ0n) is 26.7. The fraction of sp³-hybridized carbons (Fsp3) is 0.412. The molecule has 2 heterocycles. The lowest BCUT2D eigenvalue weighted by atomic mass is 9.93. The molecule has 0 radical (unpaired) electrons. The zero-order chi connectivity index (χ0) is 32.3. The average molecular weight is 722 g/mol. The van der Waals surface area contributed by atoms with Crippen molar-refractivity contribution in [3.05, 3.63) is 72.9 Å². The van der Waals surface area contributed by atoms with Gasteiger partial charge in [-0.2, -0.15) is 0 Å². The molecule has 0 spiro atoms. The maximum absolute atomic E-state index is 6.48. The third-order valence-electron chi connectivity index (χ3n) is 8.53. The van der Waals surface area contributed by atoms with Crippen LogP contribution in [0.15, 0.2) is 40.9 Å². The summed E-state index contributed by atoms with van der Waals surface area (Å²) in [7, 11) is 5.63. The normalized spacial score (nSPS) is 11.5. The molecule has 0 aliphatic heterocycles. The van der Waals surface area contributed by atoms with Crippen LogP contribution < -0.4 is 10.1 Å². The molecule has 0 unspecified atom stereocenters. The Hall–Kier alpha value is -2.45. The van der Waals surface area contributed by atoms with Crippen LogP contribution in [-0.2, 0) is 14.1 Å². The molecule has 0 bridgehead atoms. The van der Waals surface area contributed by atoms with E-state index in [0.29, 0.717) is 27.2 Å². The minimum absolute atomic E-state index is 0.483. The average Bonchev–Trinajstić information content (AvgIpc) is 3.50. The molecule has 44 heavy (non-hydrogen) atoms. The molecule has 5 aromatic rings. The van der Waals surface area contributed by atoms with Crippen molar-refractivity contribution in [1.82, 2.24) is 19.1 Å². The number of benzene rings is 3. The van der Waals surface area contributed by atoms with Crippen molar-refractivity contribution in [3.63, 3.8) is 0 Å². The van der Waals surface area contributed by atoms with E-state index in [-0.39, 0.29) is 0 Å². The molecule has 2 aromatic heterocycles. The monoisotopic (exact) mass is 719 g/mol. The first-order valence-electron chi connectivity index (χ1n) is 15.1. The summed E-state index contributed by atoms with van der Waals surface area (Å²) in [6.07, 6.45) is 4.38. The van der Waals surface area contributed by atoms with Crippen molar-refractivity contribution >= 4 is 84.4 Å². The Labute approximate surface area is 284 Å². The van der Waals surface area contributed by atoms with Gasteiger partial charge in [-0.3, -0.25) is 0 Å². The molecule has 5 rings (SSSR count). The number of fused-ring (bicyclic) bond motifs is 2. The molecule has 0 atom stereocenters. The number of hydrogen-bond donors (Lipinski definition) is 1. The number of nitrogens with zero attached hydrogens (tertiary/aromatic N) is 4. The number of hydrogen-bond acceptors (Lipinski definition) is 4. The fourth-order valence-electron chi connectivity index (χ4n) is 5.98. The lowest BCUT2D eigenvalue weighted by molar-refractivity contribution is 0.416. The summed E-state index contributed by atoms with van der Waals surface area (Å²) in [6.45, 7) is 10.9. The van der Waals surface area contributed by atoms with E-state index in [4.69, 9.17) is 44.5 Å². The highest BCUT2D eigenvalue weighted by atomic mass is 79.9. The molecular formula is C34H41BrCl3N5O. The molecule has 0 aliphatic rings. The molecule has 236 valence electrons. The first kappa shape index (κ1) is 34.4. The van der Waals surface area contributed by atoms with E-state index in [1.165, 1.54) is 11.1 Å². The minimum Gasteiger partial charge on any atom is -0.495 e. The Balaban J connectivity index is 0.000000223. The smallest absolute Gasteiger partial charge is 0.208 e. The zero-order valence-corrected chi connectivity index (χ0v) is 30.5. The van der Waals surface area contributed by atoms with E-state index in [0.717, 1.165) is 75.2 Å². The number of anilines is 2. The summed E-state index contributed by atoms with van der Waals surface area (Å²) < 4.78 is 10.5. The van der Waals surface area contributed by atoms with Gasteiger partial charge in [0.15, 0.2) is 0 Å². The highest BCUT2D eigenvalue weighted by molar-refractivity contribution is 9.10. The minimum atomic E-state index is 0.483. The van der Waals surface area contributed by atoms with Crippen LogP contribution in [0.3, 0.4) is 0 Å². The fourth-order valence-corrected chi connectivity index (χ4v) is 7.09. The van der Waals surface area contributed by atoms with Gasteiger partial charge in [0, 0.05) is 18.6 Å². The van der Waals surface area contributed by atoms with Gasteiger partial charge in [0.05, 0.1) is 33.9 Å². The Morgan fingerprint density at radius 2 is 1.30 bits per heavy atom. The van der Waals surface area contributed by atoms with Crippen molar-refractivity contribution in [2.45, 2.75) is 72.1 Å². The second-order valence-corrected chi connectivity index (χ2v) is 13.1. The Morgan fingerprint density at radius 3 is 1.80 bits per heavy atom. The highest BCUT2D eigenvalue weighted by Crippen LogP contribution is 2.39. The van der Waals surface area contributed by atoms with Crippen molar-refractivity contribution in [3.8, 4) is 5.75 Å². The number of rotatable bonds is 9. The molecular weight excluding hydrogens is 681 g/mol. The summed E-state index contributed by atoms with van der Waals surface area (Å²) >= 11 is 22.3. The van der Waals surface area contributed by atoms with Gasteiger partial charge < -0.3 is 19.2 Å². The van der Waals surface area contributed by atoms with E-state index in [9.17, 15) is 0 Å². The van der Waals surface area contributed by atoms with Gasteiger partial charge in [-0.1, -0.05) is 79.0 Å². The van der Waals surface area contributed by atoms with Crippen LogP contribution in [0.1, 0.15) is 81.9 Å². The molecule has 0 aliphatic carbocycles. The largest absolute Gasteiger partial charge is 0.495 e. The van der Waals surface area contributed by atoms with Crippen LogP contribution in [0, 0.1) is 6.92 Å². The number of halogens is 4. The second kappa shape index (κ2) is 14.8. The van der Waals surface area contributed by atoms with E-state index in [1.807, 2.05) is 43.8 Å². The van der Waals surface area contributed by atoms with Gasteiger partial charge in [-0.25, -0.2) is 9.97 Å². The van der Waals surface area contributed by atoms with Crippen molar-refractivity contribution in [1.29, 1.82) is 0 Å². The van der Waals surface area contributed by atoms with Crippen LogP contribution >= 0.6 is 50.7 Å². The summed E-state index contributed by atoms with van der Waals surface area (Å²) in [4.78, 5) is 9.13. The lowest BCUT2D eigenvalue weighted by Crippen LogP contribution is -2.04. The Kier molecular flexibility index (Phi) is 11.5. The van der Waals surface area contributed by atoms with E-state index < -0.39 is 0 Å². The third-order valence-corrected chi connectivity index (χ3v) is 9.93. The van der Waals surface area contributed by atoms with Crippen molar-refractivity contribution in [2.75, 3.05) is 12.4 Å². The van der Waals surface area contributed by atoms with Gasteiger partial charge in [0.2, 0.25) is 11.2 Å². The molecule has 10 heteroatoms. The van der Waals surface area contributed by atoms with Crippen LogP contribution in [0.25, 0.3) is 22.1 Å². The molecule has 0 saturated heterocycles. The standard InChI is InChI=1S/C21H25BrClN3O.C13H16Cl2N2/c1-6-13(7-2)15-8-9-16(23)19-20(15)26(4)21(25-19)24-18-12(3)10-14(22)11-17(18)27-5;1-4-8(5-2)9-6-7-10(14)11-12(9)17(3)13(15)16-11/h8-11,13H,6-7H2,1-5H3,(H,24,25);6-8H,4-5H2,1-3H3. The first-order valence-corrected chi connectivity index (χ1v) is 17.0. The number of aryl methyl sites for hydroxylation is 3. The number of methoxy groups -OCH3 is 1. The number of ether oxygens (including phenoxy) is 1. The number of nitrogens with one attached hydrogen (secondary N) is 1. The number of imidazole rings is 2. The van der Waals surface area contributed by atoms with Gasteiger partial charge in [0.1, 0.15) is 16.8 Å². The quantitative estimate of drug-likeness (QED) is 0.165. The van der Waals surface area contributed by atoms with Crippen LogP contribution in [-0.4, -0.2) is 26.2 Å². The SMILES string of the molecule is CCC(CC)c1ccc(Cl)c2nc(Cl)n(C)c12.CCC(CC)c1ccc(Cl)c2nc(Nc3c(C)cc(Br)cc3OC)n(C)c12. The predicted octanol–water partition coefficient (Wildman–Crippen LogP) is 11.7. The van der Waals surface area contributed by atoms with Crippen LogP contribution in [0.4, 0.5) is 11.6 Å². The first-order chi connectivity index (χ1) is 21.0. The molecule has 6 nitrogen and oxygen atoms in total.